The van der Waals surface area contributed by atoms with E-state index < -0.39 is 0 Å². The van der Waals surface area contributed by atoms with Gasteiger partial charge < -0.3 is 5.32 Å². The van der Waals surface area contributed by atoms with Gasteiger partial charge in [-0.2, -0.15) is 0 Å². The van der Waals surface area contributed by atoms with E-state index in [2.05, 4.69) is 36.3 Å². The van der Waals surface area contributed by atoms with Gasteiger partial charge in [0.25, 0.3) is 0 Å². The first-order chi connectivity index (χ1) is 11.0. The average molecular weight is 388 g/mol. The van der Waals surface area contributed by atoms with Gasteiger partial charge in [0, 0.05) is 10.6 Å². The zero-order valence-electron chi connectivity index (χ0n) is 13.1. The summed E-state index contributed by atoms with van der Waals surface area (Å²) in [4.78, 5) is 13.3. The standard InChI is InChI=1S/C15H18ClN3OS3/c1-4-21-13(9(2)3)14(20)18-10-5-6-12(11(16)7-10)23-15-19-17-8-22-15/h5-9,13H,4H2,1-3H3,(H,18,20). The number of carbonyl (C=O) groups is 1. The van der Waals surface area contributed by atoms with E-state index in [-0.39, 0.29) is 17.1 Å². The summed E-state index contributed by atoms with van der Waals surface area (Å²) in [5.41, 5.74) is 2.39. The second-order valence-corrected chi connectivity index (χ2v) is 9.01. The van der Waals surface area contributed by atoms with E-state index >= 15 is 0 Å². The Morgan fingerprint density at radius 2 is 2.22 bits per heavy atom. The molecule has 8 heteroatoms. The molecule has 0 radical (unpaired) electrons. The molecule has 4 nitrogen and oxygen atoms in total. The highest BCUT2D eigenvalue weighted by atomic mass is 35.5. The van der Waals surface area contributed by atoms with E-state index in [4.69, 9.17) is 11.6 Å². The molecule has 1 unspecified atom stereocenters. The van der Waals surface area contributed by atoms with Gasteiger partial charge in [-0.1, -0.05) is 55.5 Å². The maximum Gasteiger partial charge on any atom is 0.237 e. The van der Waals surface area contributed by atoms with Crippen LogP contribution in [0.5, 0.6) is 0 Å². The molecule has 0 aliphatic rings. The van der Waals surface area contributed by atoms with Crippen LogP contribution in [0.25, 0.3) is 0 Å². The van der Waals surface area contributed by atoms with Crippen LogP contribution in [0.1, 0.15) is 20.8 Å². The van der Waals surface area contributed by atoms with Crippen molar-refractivity contribution in [2.24, 2.45) is 5.92 Å². The Kier molecular flexibility index (Phi) is 7.20. The molecule has 23 heavy (non-hydrogen) atoms. The van der Waals surface area contributed by atoms with Crippen LogP contribution in [0.3, 0.4) is 0 Å². The molecule has 0 aliphatic carbocycles. The number of halogens is 1. The summed E-state index contributed by atoms with van der Waals surface area (Å²) >= 11 is 10.9. The van der Waals surface area contributed by atoms with E-state index in [1.807, 2.05) is 12.1 Å². The Labute approximate surface area is 153 Å². The molecule has 0 spiro atoms. The Hall–Kier alpha value is -0.760. The van der Waals surface area contributed by atoms with Gasteiger partial charge in [-0.3, -0.25) is 4.79 Å². The lowest BCUT2D eigenvalue weighted by molar-refractivity contribution is -0.116. The van der Waals surface area contributed by atoms with E-state index in [1.165, 1.54) is 23.1 Å². The molecular weight excluding hydrogens is 370 g/mol. The van der Waals surface area contributed by atoms with Crippen LogP contribution in [0.15, 0.2) is 32.9 Å². The third-order valence-electron chi connectivity index (χ3n) is 2.95. The zero-order chi connectivity index (χ0) is 16.8. The topological polar surface area (TPSA) is 54.9 Å². The second-order valence-electron chi connectivity index (χ2n) is 5.06. The molecule has 0 fully saturated rings. The molecule has 1 N–H and O–H groups in total. The summed E-state index contributed by atoms with van der Waals surface area (Å²) in [5.74, 6) is 1.21. The first-order valence-electron chi connectivity index (χ1n) is 7.17. The number of thioether (sulfide) groups is 1. The summed E-state index contributed by atoms with van der Waals surface area (Å²) in [6.45, 7) is 6.17. The van der Waals surface area contributed by atoms with Gasteiger partial charge >= 0.3 is 0 Å². The quantitative estimate of drug-likeness (QED) is 0.719. The van der Waals surface area contributed by atoms with E-state index in [0.29, 0.717) is 10.7 Å². The van der Waals surface area contributed by atoms with Crippen molar-refractivity contribution in [1.29, 1.82) is 0 Å². The van der Waals surface area contributed by atoms with Crippen LogP contribution in [0.2, 0.25) is 5.02 Å². The van der Waals surface area contributed by atoms with Gasteiger partial charge in [0.05, 0.1) is 10.3 Å². The fraction of sp³-hybridized carbons (Fsp3) is 0.400. The zero-order valence-corrected chi connectivity index (χ0v) is 16.3. The third-order valence-corrected chi connectivity index (χ3v) is 6.68. The molecule has 1 aromatic heterocycles. The Balaban J connectivity index is 2.06. The number of hydrogen-bond acceptors (Lipinski definition) is 6. The van der Waals surface area contributed by atoms with Crippen molar-refractivity contribution in [3.63, 3.8) is 0 Å². The first-order valence-corrected chi connectivity index (χ1v) is 10.3. The maximum absolute atomic E-state index is 12.4. The summed E-state index contributed by atoms with van der Waals surface area (Å²) < 4.78 is 0.836. The molecule has 1 amide bonds. The normalized spacial score (nSPS) is 12.4. The minimum atomic E-state index is -0.0609. The maximum atomic E-state index is 12.4. The average Bonchev–Trinajstić information content (AvgIpc) is 3.00. The summed E-state index contributed by atoms with van der Waals surface area (Å²) in [6, 6.07) is 5.53. The van der Waals surface area contributed by atoms with Crippen LogP contribution in [0, 0.1) is 5.92 Å². The number of rotatable bonds is 7. The number of hydrogen-bond donors (Lipinski definition) is 1. The molecule has 0 saturated heterocycles. The van der Waals surface area contributed by atoms with Gasteiger partial charge in [0.1, 0.15) is 5.51 Å². The number of nitrogens with zero attached hydrogens (tertiary/aromatic N) is 2. The molecular formula is C15H18ClN3OS3. The van der Waals surface area contributed by atoms with Crippen molar-refractivity contribution in [1.82, 2.24) is 10.2 Å². The van der Waals surface area contributed by atoms with Crippen molar-refractivity contribution in [2.45, 2.75) is 35.3 Å². The van der Waals surface area contributed by atoms with Crippen LogP contribution in [-0.2, 0) is 4.79 Å². The molecule has 2 rings (SSSR count). The minimum Gasteiger partial charge on any atom is -0.325 e. The van der Waals surface area contributed by atoms with Crippen LogP contribution in [0.4, 0.5) is 5.69 Å². The van der Waals surface area contributed by atoms with Gasteiger partial charge in [-0.05, 0) is 29.9 Å². The van der Waals surface area contributed by atoms with Crippen LogP contribution in [-0.4, -0.2) is 27.1 Å². The third kappa shape index (κ3) is 5.38. The fourth-order valence-corrected chi connectivity index (χ4v) is 4.62. The Bertz CT molecular complexity index is 649. The van der Waals surface area contributed by atoms with E-state index in [1.54, 1.807) is 23.3 Å². The van der Waals surface area contributed by atoms with Gasteiger partial charge in [0.2, 0.25) is 5.91 Å². The number of benzene rings is 1. The Morgan fingerprint density at radius 3 is 2.78 bits per heavy atom. The highest BCUT2D eigenvalue weighted by Gasteiger charge is 2.22. The monoisotopic (exact) mass is 387 g/mol. The van der Waals surface area contributed by atoms with Crippen LogP contribution < -0.4 is 5.32 Å². The smallest absolute Gasteiger partial charge is 0.237 e. The van der Waals surface area contributed by atoms with Gasteiger partial charge in [-0.15, -0.1) is 22.0 Å². The van der Waals surface area contributed by atoms with Crippen molar-refractivity contribution >= 4 is 58.1 Å². The molecule has 1 atom stereocenters. The number of anilines is 1. The fourth-order valence-electron chi connectivity index (χ4n) is 1.93. The highest BCUT2D eigenvalue weighted by molar-refractivity contribution is 8.01. The second kappa shape index (κ2) is 8.92. The van der Waals surface area contributed by atoms with E-state index in [0.717, 1.165) is 15.0 Å². The summed E-state index contributed by atoms with van der Waals surface area (Å²) in [6.07, 6.45) is 0. The van der Waals surface area contributed by atoms with Gasteiger partial charge in [-0.25, -0.2) is 0 Å². The molecule has 1 aromatic carbocycles. The van der Waals surface area contributed by atoms with E-state index in [9.17, 15) is 4.79 Å². The van der Waals surface area contributed by atoms with Crippen molar-refractivity contribution in [3.05, 3.63) is 28.7 Å². The molecule has 0 aliphatic heterocycles. The number of amides is 1. The highest BCUT2D eigenvalue weighted by Crippen LogP contribution is 2.35. The molecule has 1 heterocycles. The van der Waals surface area contributed by atoms with Crippen molar-refractivity contribution in [3.8, 4) is 0 Å². The minimum absolute atomic E-state index is 0.0208. The first kappa shape index (κ1) is 18.6. The number of carbonyl (C=O) groups excluding carboxylic acids is 1. The lowest BCUT2D eigenvalue weighted by Gasteiger charge is -2.19. The molecule has 0 saturated carbocycles. The van der Waals surface area contributed by atoms with Crippen molar-refractivity contribution in [2.75, 3.05) is 11.1 Å². The lowest BCUT2D eigenvalue weighted by Crippen LogP contribution is -2.29. The number of aromatic nitrogens is 2. The molecule has 0 bridgehead atoms. The molecule has 124 valence electrons. The predicted octanol–water partition coefficient (Wildman–Crippen LogP) is 5.06. The lowest BCUT2D eigenvalue weighted by atomic mass is 10.1. The van der Waals surface area contributed by atoms with Crippen LogP contribution >= 0.6 is 46.5 Å². The molecule has 2 aromatic rings. The SMILES string of the molecule is CCSC(C(=O)Nc1ccc(Sc2nncs2)c(Cl)c1)C(C)C. The van der Waals surface area contributed by atoms with Crippen molar-refractivity contribution < 1.29 is 4.79 Å². The summed E-state index contributed by atoms with van der Waals surface area (Å²) in [7, 11) is 0. The van der Waals surface area contributed by atoms with Gasteiger partial charge in [0.15, 0.2) is 4.34 Å². The summed E-state index contributed by atoms with van der Waals surface area (Å²) in [5, 5.41) is 11.3. The predicted molar refractivity (Wildman–Crippen MR) is 101 cm³/mol. The number of nitrogens with one attached hydrogen (secondary N) is 1. The Morgan fingerprint density at radius 1 is 1.43 bits per heavy atom. The largest absolute Gasteiger partial charge is 0.325 e.